The molecule has 126 valence electrons. The van der Waals surface area contributed by atoms with Crippen molar-refractivity contribution in [3.8, 4) is 6.07 Å². The number of ether oxygens (including phenoxy) is 1. The molecule has 0 aromatic rings. The fraction of sp³-hybridized carbons (Fsp3) is 0.895. The highest BCUT2D eigenvalue weighted by Crippen LogP contribution is 2.58. The Morgan fingerprint density at radius 1 is 1.22 bits per heavy atom. The number of amides is 1. The minimum Gasteiger partial charge on any atom is -0.378 e. The summed E-state index contributed by atoms with van der Waals surface area (Å²) in [5.74, 6) is 2.72. The molecule has 5 rings (SSSR count). The van der Waals surface area contributed by atoms with Crippen molar-refractivity contribution in [1.29, 1.82) is 5.26 Å². The van der Waals surface area contributed by atoms with Gasteiger partial charge in [-0.25, -0.2) is 0 Å². The first-order valence-electron chi connectivity index (χ1n) is 9.41. The third kappa shape index (κ3) is 2.58. The summed E-state index contributed by atoms with van der Waals surface area (Å²) in [5.41, 5.74) is 0.0605. The second-order valence-corrected chi connectivity index (χ2v) is 8.51. The zero-order valence-corrected chi connectivity index (χ0v) is 14.2. The summed E-state index contributed by atoms with van der Waals surface area (Å²) in [5, 5.41) is 9.08. The van der Waals surface area contributed by atoms with E-state index >= 15 is 0 Å². The van der Waals surface area contributed by atoms with Crippen molar-refractivity contribution in [2.75, 3.05) is 13.2 Å². The Balaban J connectivity index is 1.60. The van der Waals surface area contributed by atoms with Gasteiger partial charge in [0, 0.05) is 18.7 Å². The number of nitrogens with zero attached hydrogens (tertiary/aromatic N) is 2. The third-order valence-corrected chi connectivity index (χ3v) is 6.99. The van der Waals surface area contributed by atoms with Crippen LogP contribution < -0.4 is 0 Å². The molecule has 1 heterocycles. The summed E-state index contributed by atoms with van der Waals surface area (Å²) >= 11 is 0. The van der Waals surface area contributed by atoms with Crippen molar-refractivity contribution in [3.63, 3.8) is 0 Å². The number of carbonyl (C=O) groups is 1. The van der Waals surface area contributed by atoms with Crippen LogP contribution in [0.5, 0.6) is 0 Å². The zero-order valence-electron chi connectivity index (χ0n) is 14.2. The summed E-state index contributed by atoms with van der Waals surface area (Å²) in [4.78, 5) is 15.5. The topological polar surface area (TPSA) is 53.3 Å². The van der Waals surface area contributed by atoms with E-state index in [-0.39, 0.29) is 23.5 Å². The molecule has 5 aliphatic rings. The fourth-order valence-electron chi connectivity index (χ4n) is 6.39. The highest BCUT2D eigenvalue weighted by Gasteiger charge is 2.55. The normalized spacial score (nSPS) is 44.3. The number of hydrogen-bond donors (Lipinski definition) is 0. The van der Waals surface area contributed by atoms with Gasteiger partial charge >= 0.3 is 0 Å². The van der Waals surface area contributed by atoms with E-state index in [9.17, 15) is 4.79 Å². The van der Waals surface area contributed by atoms with Crippen LogP contribution in [-0.2, 0) is 9.53 Å². The molecule has 0 unspecified atom stereocenters. The Morgan fingerprint density at radius 3 is 2.30 bits per heavy atom. The van der Waals surface area contributed by atoms with Gasteiger partial charge in [0.2, 0.25) is 5.91 Å². The average molecular weight is 316 g/mol. The van der Waals surface area contributed by atoms with Crippen molar-refractivity contribution >= 4 is 5.91 Å². The van der Waals surface area contributed by atoms with Crippen molar-refractivity contribution < 1.29 is 9.53 Å². The molecule has 1 amide bonds. The maximum Gasteiger partial charge on any atom is 0.228 e. The molecule has 0 N–H and O–H groups in total. The standard InChI is InChI=1S/C19H28N2O2/c1-13-17(3-6-23-13)18(22)21(5-2-4-20)19-10-14-7-15(11-19)9-16(8-14)12-19/h13-17H,2-3,5-12H2,1H3/t13-,14?,15?,16?,17-,19?/m1/s1. The monoisotopic (exact) mass is 316 g/mol. The van der Waals surface area contributed by atoms with Crippen LogP contribution in [0.15, 0.2) is 0 Å². The van der Waals surface area contributed by atoms with Gasteiger partial charge in [-0.3, -0.25) is 4.79 Å². The van der Waals surface area contributed by atoms with Crippen molar-refractivity contribution in [1.82, 2.24) is 4.90 Å². The first-order chi connectivity index (χ1) is 11.1. The Hall–Kier alpha value is -1.08. The molecule has 5 fully saturated rings. The molecule has 4 heteroatoms. The van der Waals surface area contributed by atoms with Crippen molar-refractivity contribution in [2.24, 2.45) is 23.7 Å². The molecule has 0 aromatic carbocycles. The molecule has 1 saturated heterocycles. The molecule has 1 aliphatic heterocycles. The van der Waals surface area contributed by atoms with Crippen molar-refractivity contribution in [3.05, 3.63) is 0 Å². The van der Waals surface area contributed by atoms with Crippen LogP contribution in [0.25, 0.3) is 0 Å². The van der Waals surface area contributed by atoms with E-state index in [4.69, 9.17) is 10.00 Å². The fourth-order valence-corrected chi connectivity index (χ4v) is 6.39. The molecule has 4 bridgehead atoms. The van der Waals surface area contributed by atoms with E-state index in [1.165, 1.54) is 38.5 Å². The molecule has 0 radical (unpaired) electrons. The third-order valence-electron chi connectivity index (χ3n) is 6.99. The number of hydrogen-bond acceptors (Lipinski definition) is 3. The largest absolute Gasteiger partial charge is 0.378 e. The van der Waals surface area contributed by atoms with Crippen LogP contribution in [0.3, 0.4) is 0 Å². The van der Waals surface area contributed by atoms with Gasteiger partial charge in [-0.2, -0.15) is 5.26 Å². The Bertz CT molecular complexity index is 489. The van der Waals surface area contributed by atoms with Gasteiger partial charge in [0.25, 0.3) is 0 Å². The minimum absolute atomic E-state index is 0.00157. The molecule has 4 nitrogen and oxygen atoms in total. The van der Waals surface area contributed by atoms with E-state index in [1.54, 1.807) is 0 Å². The van der Waals surface area contributed by atoms with E-state index in [0.717, 1.165) is 24.2 Å². The van der Waals surface area contributed by atoms with E-state index in [1.807, 2.05) is 6.92 Å². The minimum atomic E-state index is 0.00157. The molecule has 4 saturated carbocycles. The maximum atomic E-state index is 13.3. The van der Waals surface area contributed by atoms with Gasteiger partial charge < -0.3 is 9.64 Å². The predicted molar refractivity (Wildman–Crippen MR) is 86.4 cm³/mol. The first kappa shape index (κ1) is 15.4. The predicted octanol–water partition coefficient (Wildman–Crippen LogP) is 3.12. The van der Waals surface area contributed by atoms with E-state index in [0.29, 0.717) is 19.6 Å². The lowest BCUT2D eigenvalue weighted by molar-refractivity contribution is -0.156. The zero-order chi connectivity index (χ0) is 16.0. The summed E-state index contributed by atoms with van der Waals surface area (Å²) in [6.07, 6.45) is 8.99. The number of carbonyl (C=O) groups excluding carboxylic acids is 1. The van der Waals surface area contributed by atoms with Gasteiger partial charge in [0.15, 0.2) is 0 Å². The maximum absolute atomic E-state index is 13.3. The van der Waals surface area contributed by atoms with Gasteiger partial charge in [0.1, 0.15) is 0 Å². The molecule has 0 spiro atoms. The van der Waals surface area contributed by atoms with E-state index in [2.05, 4.69) is 11.0 Å². The molecular formula is C19H28N2O2. The average Bonchev–Trinajstić information content (AvgIpc) is 2.92. The van der Waals surface area contributed by atoms with Crippen LogP contribution in [0.4, 0.5) is 0 Å². The van der Waals surface area contributed by atoms with Crippen LogP contribution in [0.1, 0.15) is 58.3 Å². The molecule has 23 heavy (non-hydrogen) atoms. The van der Waals surface area contributed by atoms with Gasteiger partial charge in [-0.05, 0) is 69.6 Å². The van der Waals surface area contributed by atoms with Crippen LogP contribution in [0.2, 0.25) is 0 Å². The molecular weight excluding hydrogens is 288 g/mol. The molecule has 2 atom stereocenters. The lowest BCUT2D eigenvalue weighted by atomic mass is 9.52. The van der Waals surface area contributed by atoms with Crippen LogP contribution in [0, 0.1) is 35.0 Å². The Labute approximate surface area is 139 Å². The second-order valence-electron chi connectivity index (χ2n) is 8.51. The van der Waals surface area contributed by atoms with Gasteiger partial charge in [-0.15, -0.1) is 0 Å². The van der Waals surface area contributed by atoms with Gasteiger partial charge in [0.05, 0.1) is 24.5 Å². The van der Waals surface area contributed by atoms with E-state index < -0.39 is 0 Å². The highest BCUT2D eigenvalue weighted by atomic mass is 16.5. The lowest BCUT2D eigenvalue weighted by Crippen LogP contribution is -2.62. The van der Waals surface area contributed by atoms with Crippen LogP contribution in [-0.4, -0.2) is 35.6 Å². The summed E-state index contributed by atoms with van der Waals surface area (Å²) < 4.78 is 5.65. The quantitative estimate of drug-likeness (QED) is 0.800. The highest BCUT2D eigenvalue weighted by molar-refractivity contribution is 5.80. The number of nitriles is 1. The Kier molecular flexibility index (Phi) is 3.88. The SMILES string of the molecule is C[C@H]1OCC[C@H]1C(=O)N(CCC#N)C12CC3CC(CC(C3)C1)C2. The second kappa shape index (κ2) is 5.77. The summed E-state index contributed by atoms with van der Waals surface area (Å²) in [6, 6.07) is 2.26. The molecule has 0 aromatic heterocycles. The smallest absolute Gasteiger partial charge is 0.228 e. The summed E-state index contributed by atoms with van der Waals surface area (Å²) in [7, 11) is 0. The molecule has 4 aliphatic carbocycles. The summed E-state index contributed by atoms with van der Waals surface area (Å²) in [6.45, 7) is 3.34. The van der Waals surface area contributed by atoms with Gasteiger partial charge in [-0.1, -0.05) is 0 Å². The van der Waals surface area contributed by atoms with Crippen molar-refractivity contribution in [2.45, 2.75) is 69.9 Å². The van der Waals surface area contributed by atoms with Crippen LogP contribution >= 0.6 is 0 Å². The number of rotatable bonds is 4. The first-order valence-corrected chi connectivity index (χ1v) is 9.41. The Morgan fingerprint density at radius 2 is 1.83 bits per heavy atom. The lowest BCUT2D eigenvalue weighted by Gasteiger charge is -2.60.